The number of hydrogen-bond donors (Lipinski definition) is 0. The Morgan fingerprint density at radius 3 is 1.83 bits per heavy atom. The molecule has 5 heteroatoms. The lowest BCUT2D eigenvalue weighted by atomic mass is 10.0. The third kappa shape index (κ3) is 3.28. The lowest BCUT2D eigenvalue weighted by Crippen LogP contribution is -2.11. The highest BCUT2D eigenvalue weighted by molar-refractivity contribution is 5.99. The van der Waals surface area contributed by atoms with Crippen molar-refractivity contribution in [2.75, 3.05) is 7.11 Å². The summed E-state index contributed by atoms with van der Waals surface area (Å²) in [4.78, 5) is 23.5. The molecule has 0 aliphatic rings. The van der Waals surface area contributed by atoms with Gasteiger partial charge in [-0.05, 0) is 6.92 Å². The van der Waals surface area contributed by atoms with Crippen molar-refractivity contribution in [1.29, 1.82) is 0 Å². The molecule has 0 aliphatic carbocycles. The molecular weight excluding hydrogens is 296 g/mol. The summed E-state index contributed by atoms with van der Waals surface area (Å²) in [5.74, 6) is 0.485. The summed E-state index contributed by atoms with van der Waals surface area (Å²) in [5, 5.41) is 1.36. The van der Waals surface area contributed by atoms with Crippen LogP contribution in [-0.4, -0.2) is 19.0 Å². The Morgan fingerprint density at radius 2 is 1.35 bits per heavy atom. The standard InChI is InChI=1S/C18H20O5/c1-5-14(19)22-16-11(3)17(21-4)18(23-15(20)6-2)13-10-8-7-9-12(13)16/h7-10H,5-6H2,1-4H3. The lowest BCUT2D eigenvalue weighted by Gasteiger charge is -2.18. The molecule has 0 aliphatic heterocycles. The van der Waals surface area contributed by atoms with Crippen molar-refractivity contribution in [3.05, 3.63) is 29.8 Å². The van der Waals surface area contributed by atoms with E-state index < -0.39 is 0 Å². The van der Waals surface area contributed by atoms with Crippen molar-refractivity contribution in [2.45, 2.75) is 33.6 Å². The van der Waals surface area contributed by atoms with Crippen LogP contribution in [0.3, 0.4) is 0 Å². The largest absolute Gasteiger partial charge is 0.492 e. The maximum atomic E-state index is 11.8. The second-order valence-corrected chi connectivity index (χ2v) is 5.02. The summed E-state index contributed by atoms with van der Waals surface area (Å²) in [5.41, 5.74) is 0.618. The molecule has 0 heterocycles. The number of methoxy groups -OCH3 is 1. The highest BCUT2D eigenvalue weighted by Crippen LogP contribution is 2.45. The van der Waals surface area contributed by atoms with Gasteiger partial charge in [0.05, 0.1) is 7.11 Å². The monoisotopic (exact) mass is 316 g/mol. The van der Waals surface area contributed by atoms with Gasteiger partial charge in [-0.1, -0.05) is 38.1 Å². The van der Waals surface area contributed by atoms with Crippen LogP contribution in [0.5, 0.6) is 17.2 Å². The molecule has 122 valence electrons. The Labute approximate surface area is 135 Å². The first kappa shape index (κ1) is 16.8. The summed E-state index contributed by atoms with van der Waals surface area (Å²) >= 11 is 0. The number of rotatable bonds is 5. The molecule has 2 rings (SSSR count). The Morgan fingerprint density at radius 1 is 0.870 bits per heavy atom. The van der Waals surface area contributed by atoms with Gasteiger partial charge in [-0.2, -0.15) is 0 Å². The third-order valence-corrected chi connectivity index (χ3v) is 3.52. The predicted molar refractivity (Wildman–Crippen MR) is 87.1 cm³/mol. The maximum Gasteiger partial charge on any atom is 0.311 e. The zero-order chi connectivity index (χ0) is 17.0. The molecule has 0 unspecified atom stereocenters. The molecule has 0 saturated carbocycles. The van der Waals surface area contributed by atoms with Crippen LogP contribution in [0.2, 0.25) is 0 Å². The van der Waals surface area contributed by atoms with Crippen molar-refractivity contribution < 1.29 is 23.8 Å². The van der Waals surface area contributed by atoms with Crippen LogP contribution in [0.15, 0.2) is 24.3 Å². The van der Waals surface area contributed by atoms with Gasteiger partial charge in [-0.3, -0.25) is 9.59 Å². The minimum absolute atomic E-state index is 0.253. The fourth-order valence-corrected chi connectivity index (χ4v) is 2.33. The maximum absolute atomic E-state index is 11.8. The van der Waals surface area contributed by atoms with E-state index in [1.165, 1.54) is 7.11 Å². The van der Waals surface area contributed by atoms with E-state index in [1.54, 1.807) is 26.8 Å². The van der Waals surface area contributed by atoms with E-state index in [4.69, 9.17) is 14.2 Å². The van der Waals surface area contributed by atoms with E-state index in [1.807, 2.05) is 18.2 Å². The molecule has 0 amide bonds. The summed E-state index contributed by atoms with van der Waals surface area (Å²) in [6, 6.07) is 7.29. The van der Waals surface area contributed by atoms with E-state index in [2.05, 4.69) is 0 Å². The molecule has 2 aromatic rings. The van der Waals surface area contributed by atoms with Crippen LogP contribution in [0.4, 0.5) is 0 Å². The molecule has 0 radical (unpaired) electrons. The molecule has 0 fully saturated rings. The van der Waals surface area contributed by atoms with E-state index in [9.17, 15) is 9.59 Å². The van der Waals surface area contributed by atoms with Crippen LogP contribution >= 0.6 is 0 Å². The van der Waals surface area contributed by atoms with E-state index in [0.717, 1.165) is 0 Å². The Bertz CT molecular complexity index is 749. The zero-order valence-corrected chi connectivity index (χ0v) is 13.8. The average molecular weight is 316 g/mol. The number of ether oxygens (including phenoxy) is 3. The fourth-order valence-electron chi connectivity index (χ4n) is 2.33. The lowest BCUT2D eigenvalue weighted by molar-refractivity contribution is -0.135. The molecule has 5 nitrogen and oxygen atoms in total. The number of carbonyl (C=O) groups is 2. The highest BCUT2D eigenvalue weighted by atomic mass is 16.6. The smallest absolute Gasteiger partial charge is 0.311 e. The molecule has 0 N–H and O–H groups in total. The van der Waals surface area contributed by atoms with Crippen LogP contribution < -0.4 is 14.2 Å². The van der Waals surface area contributed by atoms with Crippen LogP contribution in [0.25, 0.3) is 10.8 Å². The predicted octanol–water partition coefficient (Wildman–Crippen LogP) is 3.79. The molecule has 2 aromatic carbocycles. The first-order valence-corrected chi connectivity index (χ1v) is 7.54. The van der Waals surface area contributed by atoms with E-state index >= 15 is 0 Å². The van der Waals surface area contributed by atoms with Gasteiger partial charge in [0.2, 0.25) is 0 Å². The Kier molecular flexibility index (Phi) is 5.21. The van der Waals surface area contributed by atoms with Crippen molar-refractivity contribution >= 4 is 22.7 Å². The van der Waals surface area contributed by atoms with Gasteiger partial charge in [0, 0.05) is 29.2 Å². The van der Waals surface area contributed by atoms with Gasteiger partial charge in [0.15, 0.2) is 11.5 Å². The van der Waals surface area contributed by atoms with Gasteiger partial charge in [0.25, 0.3) is 0 Å². The topological polar surface area (TPSA) is 61.8 Å². The third-order valence-electron chi connectivity index (χ3n) is 3.52. The van der Waals surface area contributed by atoms with Crippen molar-refractivity contribution in [3.63, 3.8) is 0 Å². The Hall–Kier alpha value is -2.56. The molecule has 0 aromatic heterocycles. The molecule has 0 spiro atoms. The van der Waals surface area contributed by atoms with Gasteiger partial charge >= 0.3 is 11.9 Å². The van der Waals surface area contributed by atoms with E-state index in [0.29, 0.717) is 33.6 Å². The highest BCUT2D eigenvalue weighted by Gasteiger charge is 2.22. The molecule has 0 bridgehead atoms. The molecular formula is C18H20O5. The van der Waals surface area contributed by atoms with Crippen molar-refractivity contribution in [3.8, 4) is 17.2 Å². The quantitative estimate of drug-likeness (QED) is 0.620. The van der Waals surface area contributed by atoms with Crippen molar-refractivity contribution in [1.82, 2.24) is 0 Å². The van der Waals surface area contributed by atoms with Gasteiger partial charge < -0.3 is 14.2 Å². The average Bonchev–Trinajstić information content (AvgIpc) is 2.58. The molecule has 0 atom stereocenters. The van der Waals surface area contributed by atoms with Gasteiger partial charge in [-0.25, -0.2) is 0 Å². The Balaban J connectivity index is 2.74. The summed E-state index contributed by atoms with van der Waals surface area (Å²) in [7, 11) is 1.49. The number of benzene rings is 2. The summed E-state index contributed by atoms with van der Waals surface area (Å²) in [6.07, 6.45) is 0.520. The normalized spacial score (nSPS) is 10.4. The van der Waals surface area contributed by atoms with Gasteiger partial charge in [0.1, 0.15) is 5.75 Å². The summed E-state index contributed by atoms with van der Waals surface area (Å²) in [6.45, 7) is 5.22. The molecule has 23 heavy (non-hydrogen) atoms. The summed E-state index contributed by atoms with van der Waals surface area (Å²) < 4.78 is 16.4. The van der Waals surface area contributed by atoms with E-state index in [-0.39, 0.29) is 24.8 Å². The number of carbonyl (C=O) groups excluding carboxylic acids is 2. The first-order valence-electron chi connectivity index (χ1n) is 7.54. The number of fused-ring (bicyclic) bond motifs is 1. The fraction of sp³-hybridized carbons (Fsp3) is 0.333. The molecule has 0 saturated heterocycles. The van der Waals surface area contributed by atoms with Gasteiger partial charge in [-0.15, -0.1) is 0 Å². The second-order valence-electron chi connectivity index (χ2n) is 5.02. The van der Waals surface area contributed by atoms with Crippen LogP contribution in [0.1, 0.15) is 32.3 Å². The SMILES string of the molecule is CCC(=O)Oc1c(C)c(OC)c(OC(=O)CC)c2ccccc12. The zero-order valence-electron chi connectivity index (χ0n) is 13.8. The minimum Gasteiger partial charge on any atom is -0.492 e. The van der Waals surface area contributed by atoms with Crippen LogP contribution in [0, 0.1) is 6.92 Å². The first-order chi connectivity index (χ1) is 11.0. The van der Waals surface area contributed by atoms with Crippen molar-refractivity contribution in [2.24, 2.45) is 0 Å². The second kappa shape index (κ2) is 7.13. The number of hydrogen-bond acceptors (Lipinski definition) is 5. The van der Waals surface area contributed by atoms with Crippen LogP contribution in [-0.2, 0) is 9.59 Å². The number of esters is 2. The minimum atomic E-state index is -0.355.